The van der Waals surface area contributed by atoms with E-state index in [9.17, 15) is 0 Å². The predicted octanol–water partition coefficient (Wildman–Crippen LogP) is 1.96. The minimum absolute atomic E-state index is 0.0915. The molecule has 0 aromatic heterocycles. The van der Waals surface area contributed by atoms with E-state index in [0.29, 0.717) is 12.2 Å². The first-order valence-electron chi connectivity index (χ1n) is 6.28. The fourth-order valence-corrected chi connectivity index (χ4v) is 2.16. The van der Waals surface area contributed by atoms with E-state index < -0.39 is 0 Å². The van der Waals surface area contributed by atoms with Gasteiger partial charge < -0.3 is 16.5 Å². The summed E-state index contributed by atoms with van der Waals surface area (Å²) in [6.07, 6.45) is 0. The highest BCUT2D eigenvalue weighted by Crippen LogP contribution is 2.28. The first kappa shape index (κ1) is 13.4. The van der Waals surface area contributed by atoms with Crippen molar-refractivity contribution in [1.29, 1.82) is 0 Å². The molecule has 1 atom stereocenters. The average molecular weight is 256 g/mol. The number of aryl methyl sites for hydroxylation is 1. The standard InChI is InChI=1S/C15H20N4/c1-11-7-8-14(13(17)9-11)19(18)15(10-16)12-5-3-2-4-6-12/h2-9,15H,10,16-18H2,1H3. The quantitative estimate of drug-likeness (QED) is 0.444. The predicted molar refractivity (Wildman–Crippen MR) is 80.5 cm³/mol. The van der Waals surface area contributed by atoms with Crippen LogP contribution in [-0.4, -0.2) is 6.54 Å². The van der Waals surface area contributed by atoms with Gasteiger partial charge in [-0.3, -0.25) is 0 Å². The van der Waals surface area contributed by atoms with Crippen LogP contribution in [0.5, 0.6) is 0 Å². The molecule has 0 aliphatic rings. The van der Waals surface area contributed by atoms with Gasteiger partial charge >= 0.3 is 0 Å². The van der Waals surface area contributed by atoms with Gasteiger partial charge in [-0.25, -0.2) is 5.84 Å². The van der Waals surface area contributed by atoms with Crippen molar-refractivity contribution in [3.63, 3.8) is 0 Å². The van der Waals surface area contributed by atoms with Crippen molar-refractivity contribution in [3.05, 3.63) is 59.7 Å². The summed E-state index contributed by atoms with van der Waals surface area (Å²) in [5.74, 6) is 6.21. The van der Waals surface area contributed by atoms with Gasteiger partial charge in [-0.1, -0.05) is 36.4 Å². The molecule has 0 aliphatic heterocycles. The maximum Gasteiger partial charge on any atom is 0.0825 e. The van der Waals surface area contributed by atoms with Gasteiger partial charge in [0.2, 0.25) is 0 Å². The second-order valence-corrected chi connectivity index (χ2v) is 4.63. The minimum Gasteiger partial charge on any atom is -0.397 e. The van der Waals surface area contributed by atoms with Crippen LogP contribution in [0.1, 0.15) is 17.2 Å². The normalized spacial score (nSPS) is 12.2. The van der Waals surface area contributed by atoms with Crippen LogP contribution < -0.4 is 22.3 Å². The van der Waals surface area contributed by atoms with Gasteiger partial charge in [0, 0.05) is 6.54 Å². The summed E-state index contributed by atoms with van der Waals surface area (Å²) in [4.78, 5) is 0. The Bertz CT molecular complexity index is 539. The van der Waals surface area contributed by atoms with Crippen molar-refractivity contribution in [2.24, 2.45) is 11.6 Å². The molecule has 0 amide bonds. The molecule has 0 bridgehead atoms. The molecule has 0 heterocycles. The summed E-state index contributed by atoms with van der Waals surface area (Å²) in [6.45, 7) is 2.42. The molecule has 2 aromatic carbocycles. The van der Waals surface area contributed by atoms with E-state index in [4.69, 9.17) is 17.3 Å². The van der Waals surface area contributed by atoms with Crippen LogP contribution in [0.4, 0.5) is 11.4 Å². The van der Waals surface area contributed by atoms with E-state index in [0.717, 1.165) is 16.8 Å². The highest BCUT2D eigenvalue weighted by Gasteiger charge is 2.18. The van der Waals surface area contributed by atoms with Gasteiger partial charge in [-0.15, -0.1) is 0 Å². The lowest BCUT2D eigenvalue weighted by atomic mass is 10.1. The smallest absolute Gasteiger partial charge is 0.0825 e. The van der Waals surface area contributed by atoms with Crippen LogP contribution in [0.15, 0.2) is 48.5 Å². The molecule has 0 aliphatic carbocycles. The molecule has 0 radical (unpaired) electrons. The molecule has 0 fully saturated rings. The van der Waals surface area contributed by atoms with Crippen LogP contribution in [-0.2, 0) is 0 Å². The maximum absolute atomic E-state index is 6.21. The fraction of sp³-hybridized carbons (Fsp3) is 0.200. The fourth-order valence-electron chi connectivity index (χ4n) is 2.16. The molecule has 4 nitrogen and oxygen atoms in total. The number of anilines is 2. The molecule has 2 rings (SSSR count). The molecular weight excluding hydrogens is 236 g/mol. The van der Waals surface area contributed by atoms with Gasteiger partial charge in [0.25, 0.3) is 0 Å². The van der Waals surface area contributed by atoms with Crippen LogP contribution in [0.25, 0.3) is 0 Å². The topological polar surface area (TPSA) is 81.3 Å². The zero-order valence-electron chi connectivity index (χ0n) is 11.1. The molecule has 6 N–H and O–H groups in total. The SMILES string of the molecule is Cc1ccc(N(N)C(CN)c2ccccc2)c(N)c1. The number of rotatable bonds is 4. The van der Waals surface area contributed by atoms with E-state index in [1.54, 1.807) is 5.01 Å². The molecule has 19 heavy (non-hydrogen) atoms. The Hall–Kier alpha value is -2.04. The van der Waals surface area contributed by atoms with E-state index in [1.165, 1.54) is 0 Å². The summed E-state index contributed by atoms with van der Waals surface area (Å²) in [5.41, 5.74) is 15.5. The van der Waals surface area contributed by atoms with E-state index in [2.05, 4.69) is 0 Å². The zero-order chi connectivity index (χ0) is 13.8. The maximum atomic E-state index is 6.21. The molecule has 0 saturated heterocycles. The lowest BCUT2D eigenvalue weighted by molar-refractivity contribution is 0.648. The molecule has 4 heteroatoms. The van der Waals surface area contributed by atoms with E-state index in [1.807, 2.05) is 55.5 Å². The molecule has 0 saturated carbocycles. The number of benzene rings is 2. The highest BCUT2D eigenvalue weighted by molar-refractivity contribution is 5.68. The Balaban J connectivity index is 2.33. The highest BCUT2D eigenvalue weighted by atomic mass is 15.4. The van der Waals surface area contributed by atoms with Crippen LogP contribution in [0.2, 0.25) is 0 Å². The van der Waals surface area contributed by atoms with E-state index in [-0.39, 0.29) is 6.04 Å². The second-order valence-electron chi connectivity index (χ2n) is 4.63. The summed E-state index contributed by atoms with van der Waals surface area (Å²) >= 11 is 0. The van der Waals surface area contributed by atoms with Crippen molar-refractivity contribution < 1.29 is 0 Å². The first-order chi connectivity index (χ1) is 9.13. The lowest BCUT2D eigenvalue weighted by Gasteiger charge is -2.29. The van der Waals surface area contributed by atoms with Crippen LogP contribution in [0.3, 0.4) is 0 Å². The number of hydrogen-bond acceptors (Lipinski definition) is 4. The van der Waals surface area contributed by atoms with Crippen molar-refractivity contribution in [2.45, 2.75) is 13.0 Å². The number of nitrogens with two attached hydrogens (primary N) is 3. The largest absolute Gasteiger partial charge is 0.397 e. The molecule has 100 valence electrons. The number of hydrazine groups is 1. The van der Waals surface area contributed by atoms with Gasteiger partial charge in [-0.05, 0) is 30.2 Å². The van der Waals surface area contributed by atoms with Gasteiger partial charge in [0.15, 0.2) is 0 Å². The third kappa shape index (κ3) is 2.86. The number of nitrogen functional groups attached to an aromatic ring is 1. The summed E-state index contributed by atoms with van der Waals surface area (Å²) in [7, 11) is 0. The third-order valence-corrected chi connectivity index (χ3v) is 3.20. The molecular formula is C15H20N4. The third-order valence-electron chi connectivity index (χ3n) is 3.20. The molecule has 2 aromatic rings. The Labute approximate surface area is 113 Å². The van der Waals surface area contributed by atoms with Crippen molar-refractivity contribution in [1.82, 2.24) is 0 Å². The van der Waals surface area contributed by atoms with E-state index >= 15 is 0 Å². The van der Waals surface area contributed by atoms with Crippen molar-refractivity contribution in [3.8, 4) is 0 Å². The van der Waals surface area contributed by atoms with Gasteiger partial charge in [0.05, 0.1) is 17.4 Å². The second kappa shape index (κ2) is 5.73. The van der Waals surface area contributed by atoms with Crippen molar-refractivity contribution >= 4 is 11.4 Å². The first-order valence-corrected chi connectivity index (χ1v) is 6.28. The lowest BCUT2D eigenvalue weighted by Crippen LogP contribution is -2.39. The number of hydrogen-bond donors (Lipinski definition) is 3. The minimum atomic E-state index is -0.0915. The van der Waals surface area contributed by atoms with Crippen molar-refractivity contribution in [2.75, 3.05) is 17.3 Å². The zero-order valence-corrected chi connectivity index (χ0v) is 11.1. The van der Waals surface area contributed by atoms with Crippen LogP contribution in [0, 0.1) is 6.92 Å². The van der Waals surface area contributed by atoms with Gasteiger partial charge in [-0.2, -0.15) is 0 Å². The Morgan fingerprint density at radius 3 is 2.37 bits per heavy atom. The Kier molecular flexibility index (Phi) is 4.04. The molecule has 0 spiro atoms. The summed E-state index contributed by atoms with van der Waals surface area (Å²) in [6, 6.07) is 15.7. The van der Waals surface area contributed by atoms with Crippen LogP contribution >= 0.6 is 0 Å². The molecule has 1 unspecified atom stereocenters. The summed E-state index contributed by atoms with van der Waals surface area (Å²) in [5, 5.41) is 1.64. The Morgan fingerprint density at radius 1 is 1.11 bits per heavy atom. The summed E-state index contributed by atoms with van der Waals surface area (Å²) < 4.78 is 0. The van der Waals surface area contributed by atoms with Gasteiger partial charge in [0.1, 0.15) is 0 Å². The Morgan fingerprint density at radius 2 is 1.79 bits per heavy atom. The average Bonchev–Trinajstić information content (AvgIpc) is 2.40. The number of nitrogens with zero attached hydrogens (tertiary/aromatic N) is 1. The monoisotopic (exact) mass is 256 g/mol.